The van der Waals surface area contributed by atoms with E-state index in [1.54, 1.807) is 13.0 Å². The van der Waals surface area contributed by atoms with E-state index in [1.165, 1.54) is 18.2 Å². The van der Waals surface area contributed by atoms with E-state index in [9.17, 15) is 13.2 Å². The molecule has 6 heteroatoms. The van der Waals surface area contributed by atoms with Crippen LogP contribution < -0.4 is 10.1 Å². The minimum atomic E-state index is -4.67. The third kappa shape index (κ3) is 6.13. The summed E-state index contributed by atoms with van der Waals surface area (Å²) < 4.78 is 39.7. The van der Waals surface area contributed by atoms with Gasteiger partial charge in [0.05, 0.1) is 6.10 Å². The van der Waals surface area contributed by atoms with Crippen molar-refractivity contribution >= 4 is 0 Å². The van der Waals surface area contributed by atoms with Gasteiger partial charge in [0.25, 0.3) is 0 Å². The van der Waals surface area contributed by atoms with Gasteiger partial charge in [0.15, 0.2) is 0 Å². The Balaban J connectivity index is 2.54. The number of benzene rings is 1. The van der Waals surface area contributed by atoms with E-state index in [0.29, 0.717) is 18.7 Å². The van der Waals surface area contributed by atoms with Crippen molar-refractivity contribution in [1.29, 1.82) is 0 Å². The van der Waals surface area contributed by atoms with Crippen LogP contribution in [-0.2, 0) is 6.54 Å². The first-order valence-electron chi connectivity index (χ1n) is 5.10. The van der Waals surface area contributed by atoms with Gasteiger partial charge in [-0.2, -0.15) is 0 Å². The molecule has 17 heavy (non-hydrogen) atoms. The quantitative estimate of drug-likeness (QED) is 0.839. The van der Waals surface area contributed by atoms with E-state index in [1.807, 2.05) is 0 Å². The highest BCUT2D eigenvalue weighted by molar-refractivity contribution is 5.28. The summed E-state index contributed by atoms with van der Waals surface area (Å²) in [6.45, 7) is 2.38. The fourth-order valence-corrected chi connectivity index (χ4v) is 1.28. The Labute approximate surface area is 97.2 Å². The fraction of sp³-hybridized carbons (Fsp3) is 0.455. The number of hydrogen-bond donors (Lipinski definition) is 2. The zero-order valence-electron chi connectivity index (χ0n) is 9.29. The molecule has 1 aromatic carbocycles. The molecule has 0 aromatic heterocycles. The Morgan fingerprint density at radius 1 is 1.41 bits per heavy atom. The van der Waals surface area contributed by atoms with Gasteiger partial charge < -0.3 is 15.2 Å². The highest BCUT2D eigenvalue weighted by Crippen LogP contribution is 2.23. The van der Waals surface area contributed by atoms with Crippen LogP contribution in [0.1, 0.15) is 12.5 Å². The van der Waals surface area contributed by atoms with Crippen LogP contribution in [0.2, 0.25) is 0 Å². The zero-order valence-corrected chi connectivity index (χ0v) is 9.29. The van der Waals surface area contributed by atoms with Crippen LogP contribution in [0.3, 0.4) is 0 Å². The number of alkyl halides is 3. The second-order valence-electron chi connectivity index (χ2n) is 3.68. The zero-order chi connectivity index (χ0) is 12.9. The minimum Gasteiger partial charge on any atom is -0.406 e. The maximum Gasteiger partial charge on any atom is 0.573 e. The van der Waals surface area contributed by atoms with E-state index in [0.717, 1.165) is 0 Å². The van der Waals surface area contributed by atoms with Crippen molar-refractivity contribution < 1.29 is 23.0 Å². The molecule has 96 valence electrons. The van der Waals surface area contributed by atoms with Gasteiger partial charge in [-0.3, -0.25) is 0 Å². The summed E-state index contributed by atoms with van der Waals surface area (Å²) >= 11 is 0. The molecule has 0 spiro atoms. The molecular weight excluding hydrogens is 235 g/mol. The van der Waals surface area contributed by atoms with Crippen LogP contribution in [0.25, 0.3) is 0 Å². The van der Waals surface area contributed by atoms with Gasteiger partial charge in [-0.15, -0.1) is 13.2 Å². The van der Waals surface area contributed by atoms with Crippen molar-refractivity contribution in [2.75, 3.05) is 6.54 Å². The lowest BCUT2D eigenvalue weighted by atomic mass is 10.2. The predicted molar refractivity (Wildman–Crippen MR) is 56.5 cm³/mol. The normalized spacial score (nSPS) is 13.5. The fourth-order valence-electron chi connectivity index (χ4n) is 1.28. The maximum atomic E-state index is 12.0. The van der Waals surface area contributed by atoms with Crippen molar-refractivity contribution in [3.8, 4) is 5.75 Å². The van der Waals surface area contributed by atoms with Gasteiger partial charge >= 0.3 is 6.36 Å². The minimum absolute atomic E-state index is 0.242. The molecule has 2 N–H and O–H groups in total. The number of aliphatic hydroxyl groups excluding tert-OH is 1. The van der Waals surface area contributed by atoms with E-state index in [2.05, 4.69) is 10.1 Å². The molecule has 0 aliphatic heterocycles. The van der Waals surface area contributed by atoms with Gasteiger partial charge in [-0.25, -0.2) is 0 Å². The summed E-state index contributed by atoms with van der Waals surface area (Å²) in [4.78, 5) is 0. The van der Waals surface area contributed by atoms with Gasteiger partial charge in [0.2, 0.25) is 0 Å². The van der Waals surface area contributed by atoms with E-state index >= 15 is 0 Å². The predicted octanol–water partition coefficient (Wildman–Crippen LogP) is 2.06. The Bertz CT molecular complexity index is 353. The molecule has 0 saturated carbocycles. The third-order valence-corrected chi connectivity index (χ3v) is 1.90. The number of aliphatic hydroxyl groups is 1. The van der Waals surface area contributed by atoms with Crippen LogP contribution in [0.4, 0.5) is 13.2 Å². The maximum absolute atomic E-state index is 12.0. The Morgan fingerprint density at radius 3 is 2.71 bits per heavy atom. The molecule has 3 nitrogen and oxygen atoms in total. The molecule has 0 fully saturated rings. The molecule has 0 radical (unpaired) electrons. The second-order valence-corrected chi connectivity index (χ2v) is 3.68. The molecule has 0 saturated heterocycles. The largest absolute Gasteiger partial charge is 0.573 e. The lowest BCUT2D eigenvalue weighted by molar-refractivity contribution is -0.274. The summed E-state index contributed by atoms with van der Waals surface area (Å²) in [7, 11) is 0. The topological polar surface area (TPSA) is 41.5 Å². The third-order valence-electron chi connectivity index (χ3n) is 1.90. The first-order valence-corrected chi connectivity index (χ1v) is 5.10. The molecule has 0 amide bonds. The van der Waals surface area contributed by atoms with Gasteiger partial charge in [-0.1, -0.05) is 12.1 Å². The summed E-state index contributed by atoms with van der Waals surface area (Å²) in [6.07, 6.45) is -5.17. The number of hydrogen-bond acceptors (Lipinski definition) is 3. The standard InChI is InChI=1S/C11H14F3NO2/c1-8(16)6-15-7-9-3-2-4-10(5-9)17-11(12,13)14/h2-5,8,15-16H,6-7H2,1H3/t8-/m1/s1. The SMILES string of the molecule is C[C@@H](O)CNCc1cccc(OC(F)(F)F)c1. The van der Waals surface area contributed by atoms with Gasteiger partial charge in [0.1, 0.15) is 5.75 Å². The number of halogens is 3. The molecule has 0 bridgehead atoms. The van der Waals surface area contributed by atoms with Crippen molar-refractivity contribution in [2.24, 2.45) is 0 Å². The van der Waals surface area contributed by atoms with Crippen molar-refractivity contribution in [3.05, 3.63) is 29.8 Å². The molecule has 1 rings (SSSR count). The highest BCUT2D eigenvalue weighted by atomic mass is 19.4. The van der Waals surface area contributed by atoms with Crippen LogP contribution in [0.15, 0.2) is 24.3 Å². The Morgan fingerprint density at radius 2 is 2.12 bits per heavy atom. The second kappa shape index (κ2) is 5.88. The van der Waals surface area contributed by atoms with Crippen molar-refractivity contribution in [2.45, 2.75) is 25.9 Å². The lowest BCUT2D eigenvalue weighted by Crippen LogP contribution is -2.24. The molecular formula is C11H14F3NO2. The number of ether oxygens (including phenoxy) is 1. The van der Waals surface area contributed by atoms with Gasteiger partial charge in [0, 0.05) is 13.1 Å². The molecule has 0 unspecified atom stereocenters. The summed E-state index contributed by atoms with van der Waals surface area (Å²) in [5.74, 6) is -0.242. The van der Waals surface area contributed by atoms with E-state index in [-0.39, 0.29) is 5.75 Å². The Kier molecular flexibility index (Phi) is 4.77. The number of nitrogens with one attached hydrogen (secondary N) is 1. The summed E-state index contributed by atoms with van der Waals surface area (Å²) in [6, 6.07) is 5.72. The van der Waals surface area contributed by atoms with E-state index in [4.69, 9.17) is 5.11 Å². The first-order chi connectivity index (χ1) is 7.87. The molecule has 0 aliphatic rings. The van der Waals surface area contributed by atoms with Crippen LogP contribution in [0.5, 0.6) is 5.75 Å². The molecule has 1 atom stereocenters. The van der Waals surface area contributed by atoms with Crippen LogP contribution in [0, 0.1) is 0 Å². The molecule has 1 aromatic rings. The van der Waals surface area contributed by atoms with Crippen LogP contribution >= 0.6 is 0 Å². The monoisotopic (exact) mass is 249 g/mol. The van der Waals surface area contributed by atoms with Gasteiger partial charge in [-0.05, 0) is 24.6 Å². The Hall–Kier alpha value is -1.27. The average molecular weight is 249 g/mol. The number of rotatable bonds is 5. The smallest absolute Gasteiger partial charge is 0.406 e. The van der Waals surface area contributed by atoms with Crippen LogP contribution in [-0.4, -0.2) is 24.1 Å². The summed E-state index contributed by atoms with van der Waals surface area (Å²) in [5.41, 5.74) is 0.660. The van der Waals surface area contributed by atoms with Crippen molar-refractivity contribution in [3.63, 3.8) is 0 Å². The highest BCUT2D eigenvalue weighted by Gasteiger charge is 2.31. The lowest BCUT2D eigenvalue weighted by Gasteiger charge is -2.11. The van der Waals surface area contributed by atoms with E-state index < -0.39 is 12.5 Å². The van der Waals surface area contributed by atoms with Crippen molar-refractivity contribution in [1.82, 2.24) is 5.32 Å². The molecule has 0 aliphatic carbocycles. The molecule has 0 heterocycles. The first kappa shape index (κ1) is 13.8. The average Bonchev–Trinajstić information content (AvgIpc) is 2.14. The summed E-state index contributed by atoms with van der Waals surface area (Å²) in [5, 5.41) is 11.9.